The van der Waals surface area contributed by atoms with Gasteiger partial charge in [-0.3, -0.25) is 18.6 Å². The Balaban J connectivity index is 4.07. The van der Waals surface area contributed by atoms with Crippen LogP contribution in [0.5, 0.6) is 0 Å². The summed E-state index contributed by atoms with van der Waals surface area (Å²) >= 11 is 0. The fourth-order valence-electron chi connectivity index (χ4n) is 5.09. The van der Waals surface area contributed by atoms with Crippen molar-refractivity contribution in [2.45, 2.75) is 180 Å². The van der Waals surface area contributed by atoms with E-state index >= 15 is 0 Å². The van der Waals surface area contributed by atoms with Gasteiger partial charge in [0.2, 0.25) is 0 Å². The Bertz CT molecular complexity index is 885. The molecule has 0 aromatic carbocycles. The van der Waals surface area contributed by atoms with E-state index in [1.165, 1.54) is 70.6 Å². The third-order valence-electron chi connectivity index (χ3n) is 8.11. The normalized spacial score (nSPS) is 13.8. The predicted molar refractivity (Wildman–Crippen MR) is 198 cm³/mol. The number of carbonyl (C=O) groups is 2. The summed E-state index contributed by atoms with van der Waals surface area (Å²) in [4.78, 5) is 34.3. The monoisotopic (exact) mass is 698 g/mol. The van der Waals surface area contributed by atoms with Crippen LogP contribution in [0, 0.1) is 0 Å². The minimum absolute atomic E-state index is 0.232. The van der Waals surface area contributed by atoms with E-state index in [0.29, 0.717) is 6.42 Å². The van der Waals surface area contributed by atoms with Gasteiger partial charge in [0, 0.05) is 20.0 Å². The smallest absolute Gasteiger partial charge is 0.462 e. The molecule has 0 bridgehead atoms. The van der Waals surface area contributed by atoms with E-state index in [0.717, 1.165) is 77.7 Å². The summed E-state index contributed by atoms with van der Waals surface area (Å²) in [5.41, 5.74) is 0. The molecule has 2 unspecified atom stereocenters. The molecule has 0 aromatic heterocycles. The molecule has 0 heterocycles. The molecule has 48 heavy (non-hydrogen) atoms. The van der Waals surface area contributed by atoms with Crippen LogP contribution < -0.4 is 0 Å². The minimum atomic E-state index is -4.26. The Kier molecular flexibility index (Phi) is 33.8. The average Bonchev–Trinajstić information content (AvgIpc) is 3.07. The van der Waals surface area contributed by atoms with Crippen molar-refractivity contribution in [1.29, 1.82) is 0 Å². The van der Waals surface area contributed by atoms with Crippen LogP contribution in [0.1, 0.15) is 174 Å². The molecule has 8 nitrogen and oxygen atoms in total. The number of esters is 2. The van der Waals surface area contributed by atoms with E-state index in [4.69, 9.17) is 14.0 Å². The summed E-state index contributed by atoms with van der Waals surface area (Å²) in [7, 11) is -3.20. The summed E-state index contributed by atoms with van der Waals surface area (Å²) in [6.07, 6.45) is 39.0. The third-order valence-corrected chi connectivity index (χ3v) is 9.04. The van der Waals surface area contributed by atoms with Gasteiger partial charge in [-0.1, -0.05) is 127 Å². The van der Waals surface area contributed by atoms with Gasteiger partial charge in [-0.15, -0.1) is 0 Å². The number of phosphoric ester groups is 1. The first-order valence-electron chi connectivity index (χ1n) is 19.2. The largest absolute Gasteiger partial charge is 0.472 e. The highest BCUT2D eigenvalue weighted by Crippen LogP contribution is 2.42. The number of allylic oxidation sites excluding steroid dienone is 6. The van der Waals surface area contributed by atoms with E-state index in [-0.39, 0.29) is 25.4 Å². The number of unbranched alkanes of at least 4 members (excludes halogenated alkanes) is 18. The number of phosphoric acid groups is 1. The van der Waals surface area contributed by atoms with Crippen LogP contribution in [0.15, 0.2) is 36.5 Å². The van der Waals surface area contributed by atoms with Crippen LogP contribution in [0.2, 0.25) is 0 Å². The lowest BCUT2D eigenvalue weighted by Crippen LogP contribution is -2.29. The first-order valence-corrected chi connectivity index (χ1v) is 20.7. The molecule has 0 aliphatic carbocycles. The van der Waals surface area contributed by atoms with E-state index < -0.39 is 26.5 Å². The van der Waals surface area contributed by atoms with Gasteiger partial charge in [-0.2, -0.15) is 0 Å². The zero-order valence-electron chi connectivity index (χ0n) is 30.9. The highest BCUT2D eigenvalue weighted by molar-refractivity contribution is 7.47. The van der Waals surface area contributed by atoms with E-state index in [9.17, 15) is 19.0 Å². The fourth-order valence-corrected chi connectivity index (χ4v) is 5.55. The van der Waals surface area contributed by atoms with Gasteiger partial charge in [0.1, 0.15) is 6.61 Å². The van der Waals surface area contributed by atoms with Crippen molar-refractivity contribution in [3.8, 4) is 0 Å². The van der Waals surface area contributed by atoms with Crippen LogP contribution in [0.3, 0.4) is 0 Å². The maximum Gasteiger partial charge on any atom is 0.472 e. The Morgan fingerprint density at radius 3 is 1.48 bits per heavy atom. The zero-order valence-corrected chi connectivity index (χ0v) is 31.8. The molecule has 0 saturated carbocycles. The quantitative estimate of drug-likeness (QED) is 0.0301. The minimum Gasteiger partial charge on any atom is -0.462 e. The number of carbonyl (C=O) groups excluding carboxylic acids is 2. The Hall–Kier alpha value is -1.73. The number of ether oxygens (including phenoxy) is 2. The summed E-state index contributed by atoms with van der Waals surface area (Å²) in [5, 5.41) is 0. The van der Waals surface area contributed by atoms with Crippen molar-refractivity contribution in [2.75, 3.05) is 20.3 Å². The van der Waals surface area contributed by atoms with Gasteiger partial charge in [0.25, 0.3) is 0 Å². The van der Waals surface area contributed by atoms with Gasteiger partial charge in [0.15, 0.2) is 6.10 Å². The van der Waals surface area contributed by atoms with Crippen molar-refractivity contribution >= 4 is 19.8 Å². The maximum atomic E-state index is 12.5. The summed E-state index contributed by atoms with van der Waals surface area (Å²) in [6, 6.07) is 0. The Morgan fingerprint density at radius 2 is 1.00 bits per heavy atom. The van der Waals surface area contributed by atoms with Gasteiger partial charge in [0.05, 0.1) is 6.61 Å². The molecule has 0 rings (SSSR count). The molecule has 0 aliphatic heterocycles. The molecule has 0 saturated heterocycles. The molecule has 280 valence electrons. The molecule has 0 spiro atoms. The van der Waals surface area contributed by atoms with Crippen molar-refractivity contribution in [1.82, 2.24) is 0 Å². The molecule has 2 atom stereocenters. The number of hydrogen-bond acceptors (Lipinski definition) is 7. The van der Waals surface area contributed by atoms with E-state index in [1.54, 1.807) is 0 Å². The predicted octanol–water partition coefficient (Wildman–Crippen LogP) is 11.7. The van der Waals surface area contributed by atoms with E-state index in [2.05, 4.69) is 54.8 Å². The highest BCUT2D eigenvalue weighted by atomic mass is 31.2. The second-order valence-corrected chi connectivity index (χ2v) is 14.3. The average molecular weight is 699 g/mol. The number of rotatable bonds is 35. The molecule has 0 fully saturated rings. The van der Waals surface area contributed by atoms with Crippen LogP contribution in [-0.2, 0) is 32.7 Å². The fraction of sp³-hybridized carbons (Fsp3) is 0.795. The van der Waals surface area contributed by atoms with E-state index in [1.807, 2.05) is 0 Å². The first kappa shape index (κ1) is 46.3. The van der Waals surface area contributed by atoms with Gasteiger partial charge in [-0.25, -0.2) is 4.57 Å². The second kappa shape index (κ2) is 35.1. The molecule has 0 amide bonds. The summed E-state index contributed by atoms with van der Waals surface area (Å²) in [5.74, 6) is -0.824. The molecule has 0 aliphatic rings. The summed E-state index contributed by atoms with van der Waals surface area (Å²) in [6.45, 7) is 3.81. The zero-order chi connectivity index (χ0) is 35.4. The molecule has 0 radical (unpaired) electrons. The van der Waals surface area contributed by atoms with Gasteiger partial charge in [-0.05, 0) is 70.6 Å². The van der Waals surface area contributed by atoms with Crippen molar-refractivity contribution < 1.29 is 37.6 Å². The standard InChI is InChI=1S/C39H71O8P/c1-4-6-8-10-12-14-16-18-19-20-21-22-24-26-28-30-32-34-39(41)47-37(36-46-48(42,43)44-3)35-45-38(40)33-31-29-27-25-23-17-15-13-11-9-7-5-2/h12-15,18-19,37H,4-11,16-17,20-36H2,1-3H3,(H,42,43)/b14-12-,15-13-,19-18-. The van der Waals surface area contributed by atoms with Crippen LogP contribution >= 0.6 is 7.82 Å². The van der Waals surface area contributed by atoms with Crippen LogP contribution in [0.4, 0.5) is 0 Å². The third kappa shape index (κ3) is 34.1. The van der Waals surface area contributed by atoms with Crippen molar-refractivity contribution in [3.63, 3.8) is 0 Å². The second-order valence-electron chi connectivity index (χ2n) is 12.7. The molecular weight excluding hydrogens is 627 g/mol. The molecule has 9 heteroatoms. The van der Waals surface area contributed by atoms with Crippen LogP contribution in [-0.4, -0.2) is 43.3 Å². The molecule has 1 N–H and O–H groups in total. The lowest BCUT2D eigenvalue weighted by atomic mass is 10.1. The lowest BCUT2D eigenvalue weighted by Gasteiger charge is -2.19. The van der Waals surface area contributed by atoms with Crippen molar-refractivity contribution in [3.05, 3.63) is 36.5 Å². The Morgan fingerprint density at radius 1 is 0.583 bits per heavy atom. The van der Waals surface area contributed by atoms with Crippen LogP contribution in [0.25, 0.3) is 0 Å². The van der Waals surface area contributed by atoms with Gasteiger partial charge < -0.3 is 14.4 Å². The lowest BCUT2D eigenvalue weighted by molar-refractivity contribution is -0.161. The summed E-state index contributed by atoms with van der Waals surface area (Å²) < 4.78 is 31.9. The number of hydrogen-bond donors (Lipinski definition) is 1. The topological polar surface area (TPSA) is 108 Å². The van der Waals surface area contributed by atoms with Crippen molar-refractivity contribution in [2.24, 2.45) is 0 Å². The maximum absolute atomic E-state index is 12.5. The highest BCUT2D eigenvalue weighted by Gasteiger charge is 2.24. The van der Waals surface area contributed by atoms with Gasteiger partial charge >= 0.3 is 19.8 Å². The Labute approximate surface area is 294 Å². The SMILES string of the molecule is CCCCC/C=C\C/C=C\CCCCCCCCCC(=O)OC(COC(=O)CCCCCCC/C=C\CCCCC)COP(=O)(O)OC. The molecular formula is C39H71O8P. The molecule has 0 aromatic rings. The first-order chi connectivity index (χ1) is 23.3.